The maximum Gasteiger partial charge on any atom is 0.0868 e. The molecule has 4 fully saturated rings. The van der Waals surface area contributed by atoms with E-state index in [1.807, 2.05) is 13.8 Å². The summed E-state index contributed by atoms with van der Waals surface area (Å²) in [4.78, 5) is 0. The normalized spacial score (nSPS) is 39.7. The molecule has 0 amide bonds. The van der Waals surface area contributed by atoms with E-state index in [4.69, 9.17) is 0 Å². The summed E-state index contributed by atoms with van der Waals surface area (Å²) in [6.45, 7) is 13.0. The van der Waals surface area contributed by atoms with E-state index in [0.717, 1.165) is 49.2 Å². The molecule has 4 saturated carbocycles. The van der Waals surface area contributed by atoms with Crippen molar-refractivity contribution in [1.29, 1.82) is 0 Å². The lowest BCUT2D eigenvalue weighted by Gasteiger charge is -2.52. The second-order valence-corrected chi connectivity index (χ2v) is 12.9. The second kappa shape index (κ2) is 9.28. The highest BCUT2D eigenvalue weighted by molar-refractivity contribution is 5.41. The molecular formula is C30H48O3. The topological polar surface area (TPSA) is 60.7 Å². The summed E-state index contributed by atoms with van der Waals surface area (Å²) in [5, 5.41) is 31.8. The van der Waals surface area contributed by atoms with E-state index < -0.39 is 17.8 Å². The van der Waals surface area contributed by atoms with Crippen molar-refractivity contribution in [3.63, 3.8) is 0 Å². The molecule has 0 heterocycles. The Morgan fingerprint density at radius 1 is 1.12 bits per heavy atom. The van der Waals surface area contributed by atoms with Gasteiger partial charge in [0, 0.05) is 5.41 Å². The standard InChI is InChI=1S/C30H48O3/c1-20(9-6-15-28(3,4)33)24-13-14-25-22(10-7-16-29(24,25)5)11-12-23-19-26(31)30(17-8-18-30)27(32)21(23)2/h11-12,20,24-27,31-33H,2,6-10,13-19H2,1,3-5H3/b22-11+,23-12-/t20-,24-,25+,26-,27-,29-/m1/s1. The smallest absolute Gasteiger partial charge is 0.0868 e. The molecule has 3 N–H and O–H groups in total. The molecule has 0 aromatic carbocycles. The van der Waals surface area contributed by atoms with Crippen LogP contribution in [-0.2, 0) is 0 Å². The van der Waals surface area contributed by atoms with Crippen molar-refractivity contribution in [3.05, 3.63) is 35.5 Å². The van der Waals surface area contributed by atoms with Crippen LogP contribution in [0, 0.1) is 28.6 Å². The zero-order valence-electron chi connectivity index (χ0n) is 21.6. The van der Waals surface area contributed by atoms with E-state index >= 15 is 0 Å². The lowest BCUT2D eigenvalue weighted by molar-refractivity contribution is -0.113. The Kier molecular flexibility index (Phi) is 7.09. The highest BCUT2D eigenvalue weighted by Gasteiger charge is 2.53. The average molecular weight is 457 g/mol. The van der Waals surface area contributed by atoms with Gasteiger partial charge in [0.1, 0.15) is 0 Å². The SMILES string of the molecule is C=C1/C(=C\C=C2/CCC[C@]3(C)[C@@H]([C@H](C)CCCC(C)(C)O)CC[C@@H]23)C[C@@H](O)C2(CCC2)[C@@H]1O. The summed E-state index contributed by atoms with van der Waals surface area (Å²) < 4.78 is 0. The van der Waals surface area contributed by atoms with Gasteiger partial charge in [-0.3, -0.25) is 0 Å². The molecule has 0 aromatic rings. The third kappa shape index (κ3) is 4.67. The Labute approximate surface area is 202 Å². The fourth-order valence-electron chi connectivity index (χ4n) is 8.09. The van der Waals surface area contributed by atoms with Gasteiger partial charge in [0.15, 0.2) is 0 Å². The van der Waals surface area contributed by atoms with Crippen molar-refractivity contribution < 1.29 is 15.3 Å². The molecule has 0 bridgehead atoms. The van der Waals surface area contributed by atoms with E-state index in [9.17, 15) is 15.3 Å². The van der Waals surface area contributed by atoms with E-state index in [2.05, 4.69) is 32.6 Å². The fourth-order valence-corrected chi connectivity index (χ4v) is 8.09. The first-order chi connectivity index (χ1) is 15.5. The maximum absolute atomic E-state index is 10.9. The molecule has 4 aliphatic rings. The van der Waals surface area contributed by atoms with E-state index in [0.29, 0.717) is 23.7 Å². The van der Waals surface area contributed by atoms with Crippen LogP contribution in [0.1, 0.15) is 105 Å². The molecule has 0 radical (unpaired) electrons. The third-order valence-electron chi connectivity index (χ3n) is 10.3. The molecule has 3 nitrogen and oxygen atoms in total. The zero-order valence-corrected chi connectivity index (χ0v) is 21.6. The summed E-state index contributed by atoms with van der Waals surface area (Å²) in [5.41, 5.74) is 2.93. The highest BCUT2D eigenvalue weighted by atomic mass is 16.3. The summed E-state index contributed by atoms with van der Waals surface area (Å²) in [5.74, 6) is 2.10. The molecule has 4 rings (SSSR count). The lowest BCUT2D eigenvalue weighted by Crippen LogP contribution is -2.54. The summed E-state index contributed by atoms with van der Waals surface area (Å²) in [6.07, 6.45) is 16.5. The van der Waals surface area contributed by atoms with Gasteiger partial charge < -0.3 is 15.3 Å². The predicted octanol–water partition coefficient (Wildman–Crippen LogP) is 6.48. The van der Waals surface area contributed by atoms with E-state index in [-0.39, 0.29) is 5.41 Å². The number of aliphatic hydroxyl groups is 3. The van der Waals surface area contributed by atoms with Crippen LogP contribution in [0.15, 0.2) is 35.5 Å². The fraction of sp³-hybridized carbons (Fsp3) is 0.800. The number of allylic oxidation sites excluding steroid dienone is 3. The largest absolute Gasteiger partial charge is 0.392 e. The minimum atomic E-state index is -0.600. The van der Waals surface area contributed by atoms with E-state index in [1.54, 1.807) is 5.57 Å². The van der Waals surface area contributed by atoms with Crippen molar-refractivity contribution in [2.24, 2.45) is 28.6 Å². The van der Waals surface area contributed by atoms with Gasteiger partial charge in [0.05, 0.1) is 17.8 Å². The van der Waals surface area contributed by atoms with Crippen molar-refractivity contribution in [3.8, 4) is 0 Å². The molecule has 3 heteroatoms. The minimum absolute atomic E-state index is 0.328. The Morgan fingerprint density at radius 3 is 2.48 bits per heavy atom. The van der Waals surface area contributed by atoms with E-state index in [1.165, 1.54) is 38.5 Å². The summed E-state index contributed by atoms with van der Waals surface area (Å²) in [6, 6.07) is 0. The monoisotopic (exact) mass is 456 g/mol. The van der Waals surface area contributed by atoms with Crippen LogP contribution in [0.2, 0.25) is 0 Å². The van der Waals surface area contributed by atoms with Gasteiger partial charge in [0.25, 0.3) is 0 Å². The van der Waals surface area contributed by atoms with Gasteiger partial charge in [0.2, 0.25) is 0 Å². The minimum Gasteiger partial charge on any atom is -0.392 e. The number of rotatable bonds is 6. The Balaban J connectivity index is 1.45. The van der Waals surface area contributed by atoms with Crippen LogP contribution in [0.25, 0.3) is 0 Å². The molecule has 0 aromatic heterocycles. The van der Waals surface area contributed by atoms with Crippen LogP contribution < -0.4 is 0 Å². The van der Waals surface area contributed by atoms with Crippen LogP contribution in [-0.4, -0.2) is 33.1 Å². The number of aliphatic hydroxyl groups excluding tert-OH is 2. The molecule has 186 valence electrons. The van der Waals surface area contributed by atoms with Gasteiger partial charge >= 0.3 is 0 Å². The van der Waals surface area contributed by atoms with Crippen molar-refractivity contribution in [1.82, 2.24) is 0 Å². The Bertz CT molecular complexity index is 796. The molecule has 1 spiro atoms. The number of hydrogen-bond acceptors (Lipinski definition) is 3. The van der Waals surface area contributed by atoms with Crippen molar-refractivity contribution >= 4 is 0 Å². The van der Waals surface area contributed by atoms with Crippen LogP contribution >= 0.6 is 0 Å². The highest BCUT2D eigenvalue weighted by Crippen LogP contribution is 2.60. The lowest BCUT2D eigenvalue weighted by atomic mass is 9.55. The summed E-state index contributed by atoms with van der Waals surface area (Å²) in [7, 11) is 0. The van der Waals surface area contributed by atoms with Crippen LogP contribution in [0.5, 0.6) is 0 Å². The van der Waals surface area contributed by atoms with Gasteiger partial charge in [-0.25, -0.2) is 0 Å². The first-order valence-corrected chi connectivity index (χ1v) is 13.7. The van der Waals surface area contributed by atoms with Crippen LogP contribution in [0.3, 0.4) is 0 Å². The molecule has 0 aliphatic heterocycles. The molecule has 33 heavy (non-hydrogen) atoms. The van der Waals surface area contributed by atoms with Gasteiger partial charge in [-0.1, -0.05) is 57.4 Å². The summed E-state index contributed by atoms with van der Waals surface area (Å²) >= 11 is 0. The van der Waals surface area contributed by atoms with Gasteiger partial charge in [-0.05, 0) is 106 Å². The maximum atomic E-state index is 10.9. The first kappa shape index (κ1) is 25.2. The van der Waals surface area contributed by atoms with Crippen molar-refractivity contribution in [2.45, 2.75) is 123 Å². The molecule has 0 saturated heterocycles. The zero-order chi connectivity index (χ0) is 24.0. The molecule has 6 atom stereocenters. The first-order valence-electron chi connectivity index (χ1n) is 13.7. The van der Waals surface area contributed by atoms with Crippen LogP contribution in [0.4, 0.5) is 0 Å². The molecule has 4 aliphatic carbocycles. The number of fused-ring (bicyclic) bond motifs is 1. The Morgan fingerprint density at radius 2 is 1.85 bits per heavy atom. The predicted molar refractivity (Wildman–Crippen MR) is 136 cm³/mol. The quantitative estimate of drug-likeness (QED) is 0.428. The van der Waals surface area contributed by atoms with Crippen molar-refractivity contribution in [2.75, 3.05) is 0 Å². The average Bonchev–Trinajstić information content (AvgIpc) is 3.05. The number of hydrogen-bond donors (Lipinski definition) is 3. The third-order valence-corrected chi connectivity index (χ3v) is 10.3. The second-order valence-electron chi connectivity index (χ2n) is 12.9. The molecular weight excluding hydrogens is 408 g/mol. The van der Waals surface area contributed by atoms with Gasteiger partial charge in [-0.15, -0.1) is 0 Å². The van der Waals surface area contributed by atoms with Gasteiger partial charge in [-0.2, -0.15) is 0 Å². The Hall–Kier alpha value is -0.900. The molecule has 0 unspecified atom stereocenters.